The first-order valence-corrected chi connectivity index (χ1v) is 6.12. The van der Waals surface area contributed by atoms with Crippen LogP contribution in [0.5, 0.6) is 0 Å². The Morgan fingerprint density at radius 1 is 1.30 bits per heavy atom. The van der Waals surface area contributed by atoms with Crippen LogP contribution in [0.3, 0.4) is 0 Å². The number of hydrogen-bond acceptors (Lipinski definition) is 4. The van der Waals surface area contributed by atoms with Gasteiger partial charge in [0.2, 0.25) is 0 Å². The van der Waals surface area contributed by atoms with Gasteiger partial charge in [-0.15, -0.1) is 13.2 Å². The van der Waals surface area contributed by atoms with E-state index in [0.29, 0.717) is 19.5 Å². The standard InChI is InChI=1S/C14H19N3O3/c1-3-8-17(9-4-2)11-12(10-15)14(20)16-7-5-6-13(18)19/h3-4,11H,1-2,5-9H2,(H,16,20)(H,18,19)/b12-11-. The minimum Gasteiger partial charge on any atom is -0.481 e. The van der Waals surface area contributed by atoms with Crippen molar-refractivity contribution in [3.63, 3.8) is 0 Å². The van der Waals surface area contributed by atoms with Gasteiger partial charge in [0.05, 0.1) is 0 Å². The Hall–Kier alpha value is -2.55. The molecule has 108 valence electrons. The van der Waals surface area contributed by atoms with Crippen molar-refractivity contribution in [2.24, 2.45) is 0 Å². The van der Waals surface area contributed by atoms with Gasteiger partial charge in [-0.1, -0.05) is 12.2 Å². The van der Waals surface area contributed by atoms with E-state index in [-0.39, 0.29) is 18.5 Å². The lowest BCUT2D eigenvalue weighted by atomic mass is 10.2. The summed E-state index contributed by atoms with van der Waals surface area (Å²) < 4.78 is 0. The van der Waals surface area contributed by atoms with Gasteiger partial charge in [0, 0.05) is 32.3 Å². The Balaban J connectivity index is 4.51. The van der Waals surface area contributed by atoms with Crippen LogP contribution < -0.4 is 5.32 Å². The van der Waals surface area contributed by atoms with Crippen LogP contribution in [-0.2, 0) is 9.59 Å². The Morgan fingerprint density at radius 2 is 1.90 bits per heavy atom. The number of hydrogen-bond donors (Lipinski definition) is 2. The Kier molecular flexibility index (Phi) is 9.06. The first kappa shape index (κ1) is 17.4. The summed E-state index contributed by atoms with van der Waals surface area (Å²) in [6.07, 6.45) is 5.04. The van der Waals surface area contributed by atoms with Crippen LogP contribution in [0.1, 0.15) is 12.8 Å². The number of carbonyl (C=O) groups excluding carboxylic acids is 1. The smallest absolute Gasteiger partial charge is 0.303 e. The van der Waals surface area contributed by atoms with Crippen molar-refractivity contribution in [3.05, 3.63) is 37.1 Å². The Bertz CT molecular complexity index is 425. The van der Waals surface area contributed by atoms with Gasteiger partial charge >= 0.3 is 5.97 Å². The lowest BCUT2D eigenvalue weighted by Crippen LogP contribution is -2.28. The highest BCUT2D eigenvalue weighted by molar-refractivity contribution is 5.97. The van der Waals surface area contributed by atoms with E-state index in [4.69, 9.17) is 10.4 Å². The first-order valence-electron chi connectivity index (χ1n) is 6.12. The molecule has 20 heavy (non-hydrogen) atoms. The molecule has 0 fully saturated rings. The number of amides is 1. The normalized spacial score (nSPS) is 10.2. The third-order valence-corrected chi connectivity index (χ3v) is 2.26. The number of nitriles is 1. The monoisotopic (exact) mass is 277 g/mol. The summed E-state index contributed by atoms with van der Waals surface area (Å²) in [6.45, 7) is 8.38. The van der Waals surface area contributed by atoms with E-state index < -0.39 is 11.9 Å². The van der Waals surface area contributed by atoms with E-state index in [9.17, 15) is 9.59 Å². The average Bonchev–Trinajstić information content (AvgIpc) is 2.40. The van der Waals surface area contributed by atoms with E-state index in [0.717, 1.165) is 0 Å². The summed E-state index contributed by atoms with van der Waals surface area (Å²) in [5.74, 6) is -1.44. The summed E-state index contributed by atoms with van der Waals surface area (Å²) in [4.78, 5) is 23.8. The van der Waals surface area contributed by atoms with E-state index in [1.54, 1.807) is 17.1 Å². The minimum atomic E-state index is -0.918. The molecule has 0 aliphatic heterocycles. The fourth-order valence-corrected chi connectivity index (χ4v) is 1.37. The van der Waals surface area contributed by atoms with Crippen LogP contribution in [0.15, 0.2) is 37.1 Å². The molecule has 0 aliphatic rings. The van der Waals surface area contributed by atoms with Crippen LogP contribution in [0.2, 0.25) is 0 Å². The fourth-order valence-electron chi connectivity index (χ4n) is 1.37. The van der Waals surface area contributed by atoms with Crippen molar-refractivity contribution in [2.45, 2.75) is 12.8 Å². The van der Waals surface area contributed by atoms with Gasteiger partial charge in [0.25, 0.3) is 5.91 Å². The predicted octanol–water partition coefficient (Wildman–Crippen LogP) is 1.05. The Labute approximate surface area is 118 Å². The molecule has 0 saturated heterocycles. The highest BCUT2D eigenvalue weighted by Gasteiger charge is 2.10. The molecule has 0 saturated carbocycles. The molecule has 2 N–H and O–H groups in total. The second kappa shape index (κ2) is 10.4. The van der Waals surface area contributed by atoms with E-state index >= 15 is 0 Å². The number of rotatable bonds is 10. The maximum absolute atomic E-state index is 11.7. The quantitative estimate of drug-likeness (QED) is 0.269. The molecule has 0 aliphatic carbocycles. The lowest BCUT2D eigenvalue weighted by molar-refractivity contribution is -0.137. The minimum absolute atomic E-state index is 0.0229. The van der Waals surface area contributed by atoms with Gasteiger partial charge in [0.15, 0.2) is 0 Å². The highest BCUT2D eigenvalue weighted by Crippen LogP contribution is 1.99. The molecule has 1 amide bonds. The average molecular weight is 277 g/mol. The van der Waals surface area contributed by atoms with Crippen molar-refractivity contribution in [2.75, 3.05) is 19.6 Å². The van der Waals surface area contributed by atoms with Gasteiger partial charge in [-0.05, 0) is 6.42 Å². The molecular formula is C14H19N3O3. The molecule has 0 aromatic rings. The first-order chi connectivity index (χ1) is 9.54. The second-order valence-electron chi connectivity index (χ2n) is 3.94. The van der Waals surface area contributed by atoms with E-state index in [2.05, 4.69) is 18.5 Å². The molecule has 6 nitrogen and oxygen atoms in total. The van der Waals surface area contributed by atoms with Crippen molar-refractivity contribution in [3.8, 4) is 6.07 Å². The van der Waals surface area contributed by atoms with Gasteiger partial charge in [-0.2, -0.15) is 5.26 Å². The lowest BCUT2D eigenvalue weighted by Gasteiger charge is -2.16. The SMILES string of the molecule is C=CCN(/C=C(/C#N)C(=O)NCCCC(=O)O)CC=C. The number of carboxylic acids is 1. The van der Waals surface area contributed by atoms with Crippen LogP contribution in [0, 0.1) is 11.3 Å². The largest absolute Gasteiger partial charge is 0.481 e. The predicted molar refractivity (Wildman–Crippen MR) is 75.5 cm³/mol. The fraction of sp³-hybridized carbons (Fsp3) is 0.357. The molecule has 0 radical (unpaired) electrons. The van der Waals surface area contributed by atoms with Gasteiger partial charge in [-0.25, -0.2) is 0 Å². The van der Waals surface area contributed by atoms with Crippen molar-refractivity contribution in [1.82, 2.24) is 10.2 Å². The van der Waals surface area contributed by atoms with E-state index in [1.165, 1.54) is 6.20 Å². The zero-order valence-electron chi connectivity index (χ0n) is 11.3. The molecule has 0 atom stereocenters. The van der Waals surface area contributed by atoms with Crippen molar-refractivity contribution in [1.29, 1.82) is 5.26 Å². The van der Waals surface area contributed by atoms with Crippen LogP contribution in [0.4, 0.5) is 0 Å². The summed E-state index contributed by atoms with van der Waals surface area (Å²) >= 11 is 0. The number of nitrogens with zero attached hydrogens (tertiary/aromatic N) is 2. The molecule has 0 aromatic heterocycles. The molecule has 0 bridgehead atoms. The summed E-state index contributed by atoms with van der Waals surface area (Å²) in [7, 11) is 0. The summed E-state index contributed by atoms with van der Waals surface area (Å²) in [6, 6.07) is 1.82. The van der Waals surface area contributed by atoms with Gasteiger partial charge < -0.3 is 15.3 Å². The molecular weight excluding hydrogens is 258 g/mol. The second-order valence-corrected chi connectivity index (χ2v) is 3.94. The number of carbonyl (C=O) groups is 2. The zero-order valence-corrected chi connectivity index (χ0v) is 11.3. The third kappa shape index (κ3) is 7.71. The van der Waals surface area contributed by atoms with Crippen LogP contribution >= 0.6 is 0 Å². The van der Waals surface area contributed by atoms with Crippen LogP contribution in [0.25, 0.3) is 0 Å². The van der Waals surface area contributed by atoms with Crippen molar-refractivity contribution >= 4 is 11.9 Å². The molecule has 0 aromatic carbocycles. The Morgan fingerprint density at radius 3 is 2.35 bits per heavy atom. The van der Waals surface area contributed by atoms with Gasteiger partial charge in [0.1, 0.15) is 11.6 Å². The number of carboxylic acid groups (broad SMARTS) is 1. The summed E-state index contributed by atoms with van der Waals surface area (Å²) in [5, 5.41) is 20.0. The zero-order chi connectivity index (χ0) is 15.4. The van der Waals surface area contributed by atoms with Crippen molar-refractivity contribution < 1.29 is 14.7 Å². The van der Waals surface area contributed by atoms with Gasteiger partial charge in [-0.3, -0.25) is 9.59 Å². The highest BCUT2D eigenvalue weighted by atomic mass is 16.4. The summed E-state index contributed by atoms with van der Waals surface area (Å²) in [5.41, 5.74) is -0.0379. The maximum Gasteiger partial charge on any atom is 0.303 e. The molecule has 6 heteroatoms. The molecule has 0 spiro atoms. The van der Waals surface area contributed by atoms with Crippen LogP contribution in [-0.4, -0.2) is 41.5 Å². The third-order valence-electron chi connectivity index (χ3n) is 2.26. The molecule has 0 unspecified atom stereocenters. The van der Waals surface area contributed by atoms with E-state index in [1.807, 2.05) is 6.07 Å². The molecule has 0 rings (SSSR count). The number of aliphatic carboxylic acids is 1. The molecule has 0 heterocycles. The maximum atomic E-state index is 11.7. The number of nitrogens with one attached hydrogen (secondary N) is 1. The topological polar surface area (TPSA) is 93.4 Å².